The molecule has 1 N–H and O–H groups in total. The largest absolute Gasteiger partial charge is 0.353 e. The first kappa shape index (κ1) is 14.6. The van der Waals surface area contributed by atoms with Crippen molar-refractivity contribution in [1.29, 1.82) is 0 Å². The van der Waals surface area contributed by atoms with Gasteiger partial charge in [-0.3, -0.25) is 14.7 Å². The van der Waals surface area contributed by atoms with E-state index < -0.39 is 18.1 Å². The van der Waals surface area contributed by atoms with Crippen molar-refractivity contribution in [3.05, 3.63) is 17.5 Å². The van der Waals surface area contributed by atoms with E-state index in [1.54, 1.807) is 4.90 Å². The zero-order valence-corrected chi connectivity index (χ0v) is 12.3. The van der Waals surface area contributed by atoms with E-state index in [0.717, 1.165) is 12.5 Å². The number of H-pyrrole nitrogens is 1. The summed E-state index contributed by atoms with van der Waals surface area (Å²) < 4.78 is 31.2. The summed E-state index contributed by atoms with van der Waals surface area (Å²) in [4.78, 5) is 28.1. The monoisotopic (exact) mass is 326 g/mol. The Morgan fingerprint density at radius 1 is 1.48 bits per heavy atom. The van der Waals surface area contributed by atoms with Gasteiger partial charge in [-0.25, -0.2) is 8.78 Å². The molecule has 3 saturated heterocycles. The molecule has 124 valence electrons. The van der Waals surface area contributed by atoms with Crippen molar-refractivity contribution in [3.63, 3.8) is 0 Å². The van der Waals surface area contributed by atoms with Crippen molar-refractivity contribution in [2.75, 3.05) is 19.7 Å². The Labute approximate surface area is 130 Å². The van der Waals surface area contributed by atoms with Gasteiger partial charge in [-0.15, -0.1) is 0 Å². The van der Waals surface area contributed by atoms with Gasteiger partial charge < -0.3 is 14.5 Å². The molecule has 0 radical (unpaired) electrons. The number of likely N-dealkylation sites (tertiary alicyclic amines) is 1. The van der Waals surface area contributed by atoms with Crippen molar-refractivity contribution < 1.29 is 23.1 Å². The minimum atomic E-state index is -2.71. The van der Waals surface area contributed by atoms with Crippen molar-refractivity contribution in [3.8, 4) is 0 Å². The van der Waals surface area contributed by atoms with Gasteiger partial charge in [0.15, 0.2) is 11.4 Å². The van der Waals surface area contributed by atoms with Crippen molar-refractivity contribution in [2.24, 2.45) is 0 Å². The third-order valence-electron chi connectivity index (χ3n) is 4.92. The van der Waals surface area contributed by atoms with E-state index >= 15 is 0 Å². The van der Waals surface area contributed by atoms with E-state index in [1.807, 2.05) is 0 Å². The fourth-order valence-electron chi connectivity index (χ4n) is 3.90. The van der Waals surface area contributed by atoms with Crippen LogP contribution in [0.15, 0.2) is 6.07 Å². The van der Waals surface area contributed by atoms with E-state index in [1.165, 1.54) is 4.90 Å². The minimum absolute atomic E-state index is 0.0255. The van der Waals surface area contributed by atoms with Crippen LogP contribution in [0, 0.1) is 0 Å². The summed E-state index contributed by atoms with van der Waals surface area (Å²) in [7, 11) is 0. The van der Waals surface area contributed by atoms with E-state index in [0.29, 0.717) is 26.1 Å². The van der Waals surface area contributed by atoms with Crippen LogP contribution in [0.4, 0.5) is 8.78 Å². The highest BCUT2D eigenvalue weighted by atomic mass is 19.3. The highest BCUT2D eigenvalue weighted by Crippen LogP contribution is 2.45. The summed E-state index contributed by atoms with van der Waals surface area (Å²) >= 11 is 0. The summed E-state index contributed by atoms with van der Waals surface area (Å²) in [5.74, 6) is -0.471. The normalized spacial score (nSPS) is 30.0. The number of rotatable bonds is 2. The Balaban J connectivity index is 1.61. The number of ether oxygens (including phenoxy) is 1. The fourth-order valence-corrected chi connectivity index (χ4v) is 3.90. The van der Waals surface area contributed by atoms with E-state index in [4.69, 9.17) is 4.74 Å². The quantitative estimate of drug-likeness (QED) is 0.876. The molecule has 3 fully saturated rings. The number of nitrogens with zero attached hydrogens (tertiary/aromatic N) is 3. The topological polar surface area (TPSA) is 78.5 Å². The standard InChI is InChI=1S/C14H16F2N4O3/c15-12(16)8-6-9(18-17-8)13(22)19-4-2-14-10(19)7-11(21)20(14)3-1-5-23-14/h6,10,12H,1-5,7H2,(H,17,18)/t10-,14+/m1/s1. The molecule has 0 unspecified atom stereocenters. The summed E-state index contributed by atoms with van der Waals surface area (Å²) in [6, 6.07) is 0.684. The second-order valence-electron chi connectivity index (χ2n) is 6.07. The maximum absolute atomic E-state index is 12.6. The molecular formula is C14H16F2N4O3. The molecule has 3 aliphatic rings. The lowest BCUT2D eigenvalue weighted by Crippen LogP contribution is -2.56. The highest BCUT2D eigenvalue weighted by Gasteiger charge is 2.61. The Morgan fingerprint density at radius 2 is 2.30 bits per heavy atom. The van der Waals surface area contributed by atoms with Gasteiger partial charge in [0.25, 0.3) is 12.3 Å². The molecule has 0 saturated carbocycles. The van der Waals surface area contributed by atoms with Crippen LogP contribution in [-0.4, -0.2) is 63.3 Å². The third-order valence-corrected chi connectivity index (χ3v) is 4.92. The number of hydrogen-bond donors (Lipinski definition) is 1. The number of hydrogen-bond acceptors (Lipinski definition) is 4. The molecule has 3 aliphatic heterocycles. The van der Waals surface area contributed by atoms with Crippen LogP contribution in [0.2, 0.25) is 0 Å². The van der Waals surface area contributed by atoms with Crippen molar-refractivity contribution >= 4 is 11.8 Å². The average molecular weight is 326 g/mol. The van der Waals surface area contributed by atoms with E-state index in [-0.39, 0.29) is 29.8 Å². The zero-order valence-electron chi connectivity index (χ0n) is 12.3. The number of aromatic amines is 1. The number of amides is 2. The second kappa shape index (κ2) is 4.98. The Bertz CT molecular complexity index is 664. The number of carbonyl (C=O) groups is 2. The lowest BCUT2D eigenvalue weighted by molar-refractivity contribution is -0.179. The average Bonchev–Trinajstić information content (AvgIpc) is 3.20. The molecule has 7 nitrogen and oxygen atoms in total. The number of alkyl halides is 2. The van der Waals surface area contributed by atoms with Gasteiger partial charge in [-0.05, 0) is 12.5 Å². The molecule has 1 aromatic heterocycles. The minimum Gasteiger partial charge on any atom is -0.353 e. The molecule has 4 rings (SSSR count). The van der Waals surface area contributed by atoms with E-state index in [9.17, 15) is 18.4 Å². The predicted octanol–water partition coefficient (Wildman–Crippen LogP) is 0.911. The van der Waals surface area contributed by atoms with Crippen LogP contribution >= 0.6 is 0 Å². The Kier molecular flexibility index (Phi) is 3.15. The number of aromatic nitrogens is 2. The van der Waals surface area contributed by atoms with E-state index in [2.05, 4.69) is 10.2 Å². The molecule has 4 heterocycles. The highest BCUT2D eigenvalue weighted by molar-refractivity contribution is 5.94. The van der Waals surface area contributed by atoms with Crippen molar-refractivity contribution in [1.82, 2.24) is 20.0 Å². The van der Waals surface area contributed by atoms with Crippen LogP contribution in [-0.2, 0) is 9.53 Å². The summed E-state index contributed by atoms with van der Waals surface area (Å²) in [5, 5.41) is 5.86. The molecule has 0 aliphatic carbocycles. The van der Waals surface area contributed by atoms with Gasteiger partial charge in [0.2, 0.25) is 5.91 Å². The predicted molar refractivity (Wildman–Crippen MR) is 72.6 cm³/mol. The lowest BCUT2D eigenvalue weighted by atomic mass is 10.0. The molecular weight excluding hydrogens is 310 g/mol. The maximum atomic E-state index is 12.6. The van der Waals surface area contributed by atoms with Gasteiger partial charge in [-0.2, -0.15) is 5.10 Å². The van der Waals surface area contributed by atoms with Crippen LogP contribution in [0.25, 0.3) is 0 Å². The first-order valence-electron chi connectivity index (χ1n) is 7.62. The summed E-state index contributed by atoms with van der Waals surface area (Å²) in [6.07, 6.45) is -1.18. The lowest BCUT2D eigenvalue weighted by Gasteiger charge is -2.42. The Morgan fingerprint density at radius 3 is 3.04 bits per heavy atom. The number of nitrogens with one attached hydrogen (secondary N) is 1. The maximum Gasteiger partial charge on any atom is 0.279 e. The third kappa shape index (κ3) is 1.99. The van der Waals surface area contributed by atoms with Crippen molar-refractivity contribution in [2.45, 2.75) is 37.5 Å². The molecule has 1 spiro atoms. The summed E-state index contributed by atoms with van der Waals surface area (Å²) in [6.45, 7) is 1.61. The summed E-state index contributed by atoms with van der Waals surface area (Å²) in [5.41, 5.74) is -1.19. The van der Waals surface area contributed by atoms with Crippen LogP contribution in [0.3, 0.4) is 0 Å². The van der Waals surface area contributed by atoms with Gasteiger partial charge >= 0.3 is 0 Å². The van der Waals surface area contributed by atoms with Gasteiger partial charge in [0, 0.05) is 19.5 Å². The zero-order chi connectivity index (χ0) is 16.2. The van der Waals surface area contributed by atoms with Gasteiger partial charge in [0.1, 0.15) is 5.69 Å². The molecule has 9 heteroatoms. The molecule has 23 heavy (non-hydrogen) atoms. The fraction of sp³-hybridized carbons (Fsp3) is 0.643. The number of halogens is 2. The molecule has 0 aromatic carbocycles. The first-order valence-corrected chi connectivity index (χ1v) is 7.62. The number of carbonyl (C=O) groups excluding carboxylic acids is 2. The van der Waals surface area contributed by atoms with Crippen LogP contribution < -0.4 is 0 Å². The van der Waals surface area contributed by atoms with Crippen LogP contribution in [0.1, 0.15) is 41.9 Å². The Hall–Kier alpha value is -2.03. The van der Waals surface area contributed by atoms with Gasteiger partial charge in [-0.1, -0.05) is 0 Å². The molecule has 2 amide bonds. The molecule has 1 aromatic rings. The first-order chi connectivity index (χ1) is 11.0. The van der Waals surface area contributed by atoms with Crippen LogP contribution in [0.5, 0.6) is 0 Å². The second-order valence-corrected chi connectivity index (χ2v) is 6.07. The SMILES string of the molecule is O=C(c1cc(C(F)F)[nH]n1)N1CC[C@@]23OCCCN2C(=O)C[C@@H]13. The smallest absolute Gasteiger partial charge is 0.279 e. The molecule has 0 bridgehead atoms. The molecule has 2 atom stereocenters. The van der Waals surface area contributed by atoms with Gasteiger partial charge in [0.05, 0.1) is 19.1 Å².